The van der Waals surface area contributed by atoms with E-state index in [1.807, 2.05) is 0 Å². The number of piperazine rings is 1. The average Bonchev–Trinajstić information content (AvgIpc) is 2.79. The van der Waals surface area contributed by atoms with Crippen LogP contribution in [-0.2, 0) is 9.84 Å². The van der Waals surface area contributed by atoms with Gasteiger partial charge in [0.05, 0.1) is 21.3 Å². The van der Waals surface area contributed by atoms with E-state index < -0.39 is 26.4 Å². The minimum atomic E-state index is -3.76. The number of halogens is 2. The standard InChI is InChI=1S/C20H31Br2N5O5S/c1-3-33(31,32)19-15-17(27(29)30)16(14-18(19)26(7-4-21)8-5-22)20(28)23-6-9-25-12-10-24(2)11-13-25/h14-15H,3-13H2,1-2H3,(H,23,28). The zero-order valence-corrected chi connectivity index (χ0v) is 22.9. The predicted octanol–water partition coefficient (Wildman–Crippen LogP) is 1.96. The number of rotatable bonds is 12. The molecule has 1 amide bonds. The summed E-state index contributed by atoms with van der Waals surface area (Å²) in [7, 11) is -1.70. The van der Waals surface area contributed by atoms with E-state index >= 15 is 0 Å². The molecule has 2 rings (SSSR count). The lowest BCUT2D eigenvalue weighted by molar-refractivity contribution is -0.385. The van der Waals surface area contributed by atoms with Crippen molar-refractivity contribution in [1.29, 1.82) is 0 Å². The van der Waals surface area contributed by atoms with Gasteiger partial charge in [-0.3, -0.25) is 19.8 Å². The van der Waals surface area contributed by atoms with Crippen molar-refractivity contribution in [3.05, 3.63) is 27.8 Å². The Kier molecular flexibility index (Phi) is 11.0. The summed E-state index contributed by atoms with van der Waals surface area (Å²) in [5, 5.41) is 15.7. The van der Waals surface area contributed by atoms with E-state index in [0.29, 0.717) is 42.5 Å². The molecule has 1 heterocycles. The highest BCUT2D eigenvalue weighted by Gasteiger charge is 2.30. The zero-order chi connectivity index (χ0) is 24.6. The van der Waals surface area contributed by atoms with Gasteiger partial charge in [-0.05, 0) is 13.1 Å². The lowest BCUT2D eigenvalue weighted by Gasteiger charge is -2.32. The molecule has 1 aliphatic heterocycles. The molecular formula is C20H31Br2N5O5S. The molecule has 0 aromatic heterocycles. The monoisotopic (exact) mass is 611 g/mol. The molecule has 1 saturated heterocycles. The van der Waals surface area contributed by atoms with E-state index in [1.165, 1.54) is 13.0 Å². The third-order valence-corrected chi connectivity index (χ3v) is 8.06. The first-order valence-electron chi connectivity index (χ1n) is 10.8. The fraction of sp³-hybridized carbons (Fsp3) is 0.650. The third-order valence-electron chi connectivity index (χ3n) is 5.59. The van der Waals surface area contributed by atoms with Gasteiger partial charge in [0, 0.05) is 69.1 Å². The zero-order valence-electron chi connectivity index (χ0n) is 18.9. The number of hydrogen-bond acceptors (Lipinski definition) is 8. The lowest BCUT2D eigenvalue weighted by atomic mass is 10.1. The van der Waals surface area contributed by atoms with E-state index in [0.717, 1.165) is 32.2 Å². The van der Waals surface area contributed by atoms with Crippen molar-refractivity contribution in [1.82, 2.24) is 15.1 Å². The summed E-state index contributed by atoms with van der Waals surface area (Å²) in [4.78, 5) is 30.2. The predicted molar refractivity (Wildman–Crippen MR) is 137 cm³/mol. The minimum Gasteiger partial charge on any atom is -0.369 e. The summed E-state index contributed by atoms with van der Waals surface area (Å²) in [6, 6.07) is 2.37. The van der Waals surface area contributed by atoms with E-state index in [1.54, 1.807) is 4.90 Å². The molecule has 0 bridgehead atoms. The van der Waals surface area contributed by atoms with E-state index in [4.69, 9.17) is 0 Å². The fourth-order valence-corrected chi connectivity index (χ4v) is 5.56. The third kappa shape index (κ3) is 7.61. The molecule has 0 aliphatic carbocycles. The number of nitro benzene ring substituents is 1. The maximum absolute atomic E-state index is 13.0. The van der Waals surface area contributed by atoms with Crippen molar-refractivity contribution in [3.63, 3.8) is 0 Å². The van der Waals surface area contributed by atoms with Crippen LogP contribution in [0.1, 0.15) is 17.3 Å². The van der Waals surface area contributed by atoms with Crippen LogP contribution in [0.2, 0.25) is 0 Å². The van der Waals surface area contributed by atoms with Crippen LogP contribution in [-0.4, -0.2) is 105 Å². The van der Waals surface area contributed by atoms with Gasteiger partial charge in [-0.2, -0.15) is 0 Å². The number of likely N-dealkylation sites (N-methyl/N-ethyl adjacent to an activating group) is 1. The number of amides is 1. The highest BCUT2D eigenvalue weighted by Crippen LogP contribution is 2.34. The average molecular weight is 613 g/mol. The van der Waals surface area contributed by atoms with Crippen LogP contribution < -0.4 is 10.2 Å². The van der Waals surface area contributed by atoms with Crippen molar-refractivity contribution in [2.75, 3.05) is 80.7 Å². The van der Waals surface area contributed by atoms with Crippen molar-refractivity contribution < 1.29 is 18.1 Å². The van der Waals surface area contributed by atoms with Crippen molar-refractivity contribution in [2.45, 2.75) is 11.8 Å². The SMILES string of the molecule is CCS(=O)(=O)c1cc([N+](=O)[O-])c(C(=O)NCCN2CCN(C)CC2)cc1N(CCBr)CCBr. The first kappa shape index (κ1) is 28.0. The first-order chi connectivity index (χ1) is 15.6. The number of carbonyl (C=O) groups is 1. The second kappa shape index (κ2) is 13.0. The van der Waals surface area contributed by atoms with E-state index in [9.17, 15) is 23.3 Å². The molecule has 10 nitrogen and oxygen atoms in total. The van der Waals surface area contributed by atoms with Crippen LogP contribution in [0.4, 0.5) is 11.4 Å². The van der Waals surface area contributed by atoms with Gasteiger partial charge in [0.1, 0.15) is 5.56 Å². The summed E-state index contributed by atoms with van der Waals surface area (Å²) in [6.07, 6.45) is 0. The Bertz CT molecular complexity index is 933. The Morgan fingerprint density at radius 2 is 1.79 bits per heavy atom. The Hall–Kier alpha value is -1.28. The molecule has 1 aromatic carbocycles. The lowest BCUT2D eigenvalue weighted by Crippen LogP contribution is -2.46. The molecule has 0 unspecified atom stereocenters. The highest BCUT2D eigenvalue weighted by molar-refractivity contribution is 9.09. The summed E-state index contributed by atoms with van der Waals surface area (Å²) < 4.78 is 25.6. The van der Waals surface area contributed by atoms with Gasteiger partial charge in [-0.1, -0.05) is 38.8 Å². The van der Waals surface area contributed by atoms with Crippen molar-refractivity contribution >= 4 is 59.0 Å². The summed E-state index contributed by atoms with van der Waals surface area (Å²) in [5.74, 6) is -0.792. The second-order valence-corrected chi connectivity index (χ2v) is 11.6. The van der Waals surface area contributed by atoms with Crippen LogP contribution in [0.25, 0.3) is 0 Å². The number of hydrogen-bond donors (Lipinski definition) is 1. The minimum absolute atomic E-state index is 0.132. The quantitative estimate of drug-likeness (QED) is 0.216. The van der Waals surface area contributed by atoms with Gasteiger partial charge < -0.3 is 15.1 Å². The van der Waals surface area contributed by atoms with Gasteiger partial charge in [0.15, 0.2) is 9.84 Å². The molecule has 0 spiro atoms. The number of nitrogens with one attached hydrogen (secondary N) is 1. The Morgan fingerprint density at radius 1 is 1.18 bits per heavy atom. The molecule has 0 atom stereocenters. The molecule has 0 radical (unpaired) electrons. The summed E-state index contributed by atoms with van der Waals surface area (Å²) in [5.41, 5.74) is -0.358. The largest absolute Gasteiger partial charge is 0.369 e. The molecule has 33 heavy (non-hydrogen) atoms. The van der Waals surface area contributed by atoms with Crippen molar-refractivity contribution in [2.24, 2.45) is 0 Å². The van der Waals surface area contributed by atoms with Gasteiger partial charge >= 0.3 is 0 Å². The van der Waals surface area contributed by atoms with E-state index in [-0.39, 0.29) is 16.2 Å². The van der Waals surface area contributed by atoms with Gasteiger partial charge in [-0.15, -0.1) is 0 Å². The molecule has 1 aliphatic rings. The van der Waals surface area contributed by atoms with Crippen LogP contribution >= 0.6 is 31.9 Å². The molecule has 1 N–H and O–H groups in total. The Balaban J connectivity index is 2.38. The van der Waals surface area contributed by atoms with Crippen LogP contribution in [0, 0.1) is 10.1 Å². The number of carbonyl (C=O) groups excluding carboxylic acids is 1. The number of anilines is 1. The topological polar surface area (TPSA) is 116 Å². The fourth-order valence-electron chi connectivity index (χ4n) is 3.59. The summed E-state index contributed by atoms with van der Waals surface area (Å²) in [6.45, 7) is 7.12. The van der Waals surface area contributed by atoms with Crippen LogP contribution in [0.15, 0.2) is 17.0 Å². The maximum Gasteiger partial charge on any atom is 0.283 e. The smallest absolute Gasteiger partial charge is 0.283 e. The number of alkyl halides is 2. The number of benzene rings is 1. The van der Waals surface area contributed by atoms with Gasteiger partial charge in [0.2, 0.25) is 0 Å². The Labute approximate surface area is 212 Å². The number of nitrogens with zero attached hydrogens (tertiary/aromatic N) is 4. The van der Waals surface area contributed by atoms with E-state index in [2.05, 4.69) is 54.0 Å². The maximum atomic E-state index is 13.0. The van der Waals surface area contributed by atoms with Gasteiger partial charge in [-0.25, -0.2) is 8.42 Å². The molecule has 186 valence electrons. The highest BCUT2D eigenvalue weighted by atomic mass is 79.9. The second-order valence-electron chi connectivity index (χ2n) is 7.76. The summed E-state index contributed by atoms with van der Waals surface area (Å²) >= 11 is 6.74. The van der Waals surface area contributed by atoms with Crippen molar-refractivity contribution in [3.8, 4) is 0 Å². The molecule has 1 aromatic rings. The molecule has 0 saturated carbocycles. The molecule has 1 fully saturated rings. The Morgan fingerprint density at radius 3 is 2.30 bits per heavy atom. The number of nitro groups is 1. The van der Waals surface area contributed by atoms with Crippen LogP contribution in [0.3, 0.4) is 0 Å². The first-order valence-corrected chi connectivity index (χ1v) is 14.6. The normalized spacial score (nSPS) is 15.4. The molecular weight excluding hydrogens is 582 g/mol. The van der Waals surface area contributed by atoms with Crippen LogP contribution in [0.5, 0.6) is 0 Å². The number of sulfone groups is 1. The molecule has 13 heteroatoms. The van der Waals surface area contributed by atoms with Gasteiger partial charge in [0.25, 0.3) is 11.6 Å².